The zero-order valence-electron chi connectivity index (χ0n) is 11.8. The molecule has 0 aromatic heterocycles. The Labute approximate surface area is 117 Å². The molecule has 0 unspecified atom stereocenters. The van der Waals surface area contributed by atoms with Gasteiger partial charge in [0.05, 0.1) is 0 Å². The summed E-state index contributed by atoms with van der Waals surface area (Å²) in [6.07, 6.45) is 8.31. The van der Waals surface area contributed by atoms with Gasteiger partial charge in [-0.15, -0.1) is 0 Å². The lowest BCUT2D eigenvalue weighted by Crippen LogP contribution is -2.49. The Balaban J connectivity index is 2.10. The van der Waals surface area contributed by atoms with Gasteiger partial charge < -0.3 is 5.73 Å². The minimum absolute atomic E-state index is 0.200. The average Bonchev–Trinajstić information content (AvgIpc) is 2.95. The van der Waals surface area contributed by atoms with Crippen LogP contribution in [-0.4, -0.2) is 49.2 Å². The quantitative estimate of drug-likeness (QED) is 0.801. The molecule has 2 fully saturated rings. The molecular weight excluding hydrogens is 262 g/mol. The molecule has 1 aliphatic heterocycles. The number of rotatable bonds is 6. The van der Waals surface area contributed by atoms with Crippen LogP contribution in [0, 0.1) is 0 Å². The molecule has 2 N–H and O–H groups in total. The first-order valence-electron chi connectivity index (χ1n) is 7.63. The van der Waals surface area contributed by atoms with Crippen LogP contribution in [0.4, 0.5) is 0 Å². The third kappa shape index (κ3) is 3.68. The SMILES string of the molecule is NCCCN(C1CCCCC1)S(=O)(=O)N1CCCC1. The number of nitrogens with two attached hydrogens (primary N) is 1. The van der Waals surface area contributed by atoms with Crippen molar-refractivity contribution in [2.24, 2.45) is 5.73 Å². The van der Waals surface area contributed by atoms with Crippen molar-refractivity contribution >= 4 is 10.2 Å². The van der Waals surface area contributed by atoms with Gasteiger partial charge in [0.25, 0.3) is 10.2 Å². The van der Waals surface area contributed by atoms with E-state index in [1.807, 2.05) is 0 Å². The highest BCUT2D eigenvalue weighted by atomic mass is 32.2. The van der Waals surface area contributed by atoms with E-state index in [1.165, 1.54) is 6.42 Å². The summed E-state index contributed by atoms with van der Waals surface area (Å²) >= 11 is 0. The molecule has 0 radical (unpaired) electrons. The van der Waals surface area contributed by atoms with Crippen LogP contribution in [-0.2, 0) is 10.2 Å². The van der Waals surface area contributed by atoms with E-state index in [-0.39, 0.29) is 6.04 Å². The maximum Gasteiger partial charge on any atom is 0.282 e. The standard InChI is InChI=1S/C13H27N3O2S/c14-9-6-12-16(13-7-2-1-3-8-13)19(17,18)15-10-4-5-11-15/h13H,1-12,14H2. The van der Waals surface area contributed by atoms with Crippen LogP contribution >= 0.6 is 0 Å². The van der Waals surface area contributed by atoms with Gasteiger partial charge in [-0.3, -0.25) is 0 Å². The van der Waals surface area contributed by atoms with Crippen molar-refractivity contribution in [3.8, 4) is 0 Å². The second kappa shape index (κ2) is 7.02. The molecule has 1 saturated heterocycles. The van der Waals surface area contributed by atoms with Gasteiger partial charge in [-0.05, 0) is 38.6 Å². The lowest BCUT2D eigenvalue weighted by atomic mass is 9.95. The largest absolute Gasteiger partial charge is 0.330 e. The first-order valence-corrected chi connectivity index (χ1v) is 9.03. The summed E-state index contributed by atoms with van der Waals surface area (Å²) < 4.78 is 28.9. The Morgan fingerprint density at radius 2 is 1.68 bits per heavy atom. The summed E-state index contributed by atoms with van der Waals surface area (Å²) in [5.41, 5.74) is 5.57. The van der Waals surface area contributed by atoms with Crippen molar-refractivity contribution in [1.29, 1.82) is 0 Å². The van der Waals surface area contributed by atoms with Gasteiger partial charge in [0, 0.05) is 25.7 Å². The first kappa shape index (κ1) is 15.2. The maximum atomic E-state index is 12.7. The average molecular weight is 289 g/mol. The molecular formula is C13H27N3O2S. The summed E-state index contributed by atoms with van der Waals surface area (Å²) in [5, 5.41) is 0. The van der Waals surface area contributed by atoms with E-state index in [2.05, 4.69) is 0 Å². The molecule has 0 bridgehead atoms. The lowest BCUT2D eigenvalue weighted by molar-refractivity contribution is 0.237. The number of hydrogen-bond acceptors (Lipinski definition) is 3. The summed E-state index contributed by atoms with van der Waals surface area (Å²) in [6.45, 7) is 2.51. The van der Waals surface area contributed by atoms with Crippen LogP contribution in [0.15, 0.2) is 0 Å². The Kier molecular flexibility index (Phi) is 5.62. The van der Waals surface area contributed by atoms with Gasteiger partial charge in [0.2, 0.25) is 0 Å². The zero-order chi connectivity index (χ0) is 13.7. The normalized spacial score (nSPS) is 23.3. The molecule has 0 spiro atoms. The zero-order valence-corrected chi connectivity index (χ0v) is 12.6. The highest BCUT2D eigenvalue weighted by Crippen LogP contribution is 2.27. The minimum atomic E-state index is -3.26. The van der Waals surface area contributed by atoms with Crippen molar-refractivity contribution in [3.63, 3.8) is 0 Å². The molecule has 112 valence electrons. The molecule has 0 atom stereocenters. The second-order valence-corrected chi connectivity index (χ2v) is 7.54. The van der Waals surface area contributed by atoms with E-state index < -0.39 is 10.2 Å². The van der Waals surface area contributed by atoms with Crippen molar-refractivity contribution in [2.45, 2.75) is 57.4 Å². The van der Waals surface area contributed by atoms with Gasteiger partial charge in [-0.2, -0.15) is 17.0 Å². The van der Waals surface area contributed by atoms with E-state index in [0.29, 0.717) is 26.2 Å². The van der Waals surface area contributed by atoms with Crippen molar-refractivity contribution in [1.82, 2.24) is 8.61 Å². The molecule has 5 nitrogen and oxygen atoms in total. The summed E-state index contributed by atoms with van der Waals surface area (Å²) in [6, 6.07) is 0.200. The number of hydrogen-bond donors (Lipinski definition) is 1. The van der Waals surface area contributed by atoms with E-state index >= 15 is 0 Å². The van der Waals surface area contributed by atoms with Crippen LogP contribution in [0.25, 0.3) is 0 Å². The highest BCUT2D eigenvalue weighted by molar-refractivity contribution is 7.86. The second-order valence-electron chi connectivity index (χ2n) is 5.66. The molecule has 6 heteroatoms. The van der Waals surface area contributed by atoms with Crippen molar-refractivity contribution < 1.29 is 8.42 Å². The molecule has 19 heavy (non-hydrogen) atoms. The van der Waals surface area contributed by atoms with Crippen molar-refractivity contribution in [2.75, 3.05) is 26.2 Å². The lowest BCUT2D eigenvalue weighted by Gasteiger charge is -2.35. The summed E-state index contributed by atoms with van der Waals surface area (Å²) in [7, 11) is -3.26. The highest BCUT2D eigenvalue weighted by Gasteiger charge is 2.36. The topological polar surface area (TPSA) is 66.6 Å². The molecule has 2 aliphatic rings. The van der Waals surface area contributed by atoms with Crippen LogP contribution in [0.1, 0.15) is 51.4 Å². The fourth-order valence-corrected chi connectivity index (χ4v) is 5.13. The molecule has 0 amide bonds. The van der Waals surface area contributed by atoms with Crippen LogP contribution < -0.4 is 5.73 Å². The van der Waals surface area contributed by atoms with Gasteiger partial charge in [-0.25, -0.2) is 0 Å². The fourth-order valence-electron chi connectivity index (χ4n) is 3.17. The van der Waals surface area contributed by atoms with Crippen LogP contribution in [0.2, 0.25) is 0 Å². The van der Waals surface area contributed by atoms with Gasteiger partial charge in [0.15, 0.2) is 0 Å². The summed E-state index contributed by atoms with van der Waals surface area (Å²) in [5.74, 6) is 0. The van der Waals surface area contributed by atoms with E-state index in [9.17, 15) is 8.42 Å². The molecule has 0 aromatic rings. The fraction of sp³-hybridized carbons (Fsp3) is 1.00. The predicted molar refractivity (Wildman–Crippen MR) is 77.0 cm³/mol. The van der Waals surface area contributed by atoms with Gasteiger partial charge in [0.1, 0.15) is 0 Å². The third-order valence-electron chi connectivity index (χ3n) is 4.25. The Bertz CT molecular complexity index is 360. The number of nitrogens with zero attached hydrogens (tertiary/aromatic N) is 2. The summed E-state index contributed by atoms with van der Waals surface area (Å²) in [4.78, 5) is 0. The molecule has 2 rings (SSSR count). The van der Waals surface area contributed by atoms with E-state index in [1.54, 1.807) is 8.61 Å². The smallest absolute Gasteiger partial charge is 0.282 e. The molecule has 1 aliphatic carbocycles. The molecule has 0 aromatic carbocycles. The van der Waals surface area contributed by atoms with E-state index in [4.69, 9.17) is 5.73 Å². The maximum absolute atomic E-state index is 12.7. The van der Waals surface area contributed by atoms with Crippen LogP contribution in [0.3, 0.4) is 0 Å². The molecule has 1 saturated carbocycles. The van der Waals surface area contributed by atoms with Crippen LogP contribution in [0.5, 0.6) is 0 Å². The third-order valence-corrected chi connectivity index (χ3v) is 6.34. The monoisotopic (exact) mass is 289 g/mol. The Morgan fingerprint density at radius 3 is 2.26 bits per heavy atom. The molecule has 1 heterocycles. The van der Waals surface area contributed by atoms with Gasteiger partial charge >= 0.3 is 0 Å². The Morgan fingerprint density at radius 1 is 1.05 bits per heavy atom. The first-order chi connectivity index (χ1) is 9.16. The minimum Gasteiger partial charge on any atom is -0.330 e. The predicted octanol–water partition coefficient (Wildman–Crippen LogP) is 1.31. The van der Waals surface area contributed by atoms with Crippen molar-refractivity contribution in [3.05, 3.63) is 0 Å². The van der Waals surface area contributed by atoms with Gasteiger partial charge in [-0.1, -0.05) is 19.3 Å². The Hall–Kier alpha value is -0.170. The van der Waals surface area contributed by atoms with E-state index in [0.717, 1.165) is 44.9 Å².